The molecule has 0 aliphatic heterocycles. The summed E-state index contributed by atoms with van der Waals surface area (Å²) in [5.74, 6) is -1.23. The van der Waals surface area contributed by atoms with Crippen LogP contribution in [0.25, 0.3) is 0 Å². The maximum atomic E-state index is 10.3. The minimum Gasteiger partial charge on any atom is -0.480 e. The summed E-state index contributed by atoms with van der Waals surface area (Å²) in [5.41, 5.74) is 0.946. The Balaban J connectivity index is 0.000000433. The number of nitrogens with one attached hydrogen (secondary N) is 1. The van der Waals surface area contributed by atoms with Gasteiger partial charge in [-0.2, -0.15) is 8.42 Å². The van der Waals surface area contributed by atoms with E-state index >= 15 is 0 Å². The van der Waals surface area contributed by atoms with E-state index in [1.54, 1.807) is 12.1 Å². The van der Waals surface area contributed by atoms with Crippen LogP contribution in [0.4, 0.5) is 0 Å². The minimum atomic E-state index is -4.40. The van der Waals surface area contributed by atoms with Crippen LogP contribution in [0.15, 0.2) is 24.3 Å². The number of aryl methyl sites for hydroxylation is 1. The normalized spacial score (nSPS) is 10.0. The average molecular weight is 319 g/mol. The zero-order valence-electron chi connectivity index (χ0n) is 11.6. The summed E-state index contributed by atoms with van der Waals surface area (Å²) in [4.78, 5) is 19.7. The fourth-order valence-corrected chi connectivity index (χ4v) is 1.49. The van der Waals surface area contributed by atoms with Crippen molar-refractivity contribution < 1.29 is 31.8 Å². The number of carboxylic acid groups (broad SMARTS) is 1. The molecule has 0 bridgehead atoms. The number of rotatable bonds is 5. The van der Waals surface area contributed by atoms with E-state index in [-0.39, 0.29) is 18.2 Å². The molecule has 0 saturated carbocycles. The van der Waals surface area contributed by atoms with Gasteiger partial charge in [0.2, 0.25) is 5.91 Å². The number of hydrogen-bond acceptors (Lipinski definition) is 5. The van der Waals surface area contributed by atoms with Crippen LogP contribution in [-0.2, 0) is 26.4 Å². The molecule has 1 amide bonds. The summed E-state index contributed by atoms with van der Waals surface area (Å²) in [6, 6.07) is 6.54. The predicted molar refractivity (Wildman–Crippen MR) is 74.3 cm³/mol. The zero-order valence-corrected chi connectivity index (χ0v) is 12.4. The van der Waals surface area contributed by atoms with E-state index < -0.39 is 16.4 Å². The molecule has 0 aromatic heterocycles. The molecular weight excluding hydrogens is 302 g/mol. The molecule has 1 rings (SSSR count). The molecule has 118 valence electrons. The molecule has 0 fully saturated rings. The van der Waals surface area contributed by atoms with Gasteiger partial charge < -0.3 is 14.6 Å². The monoisotopic (exact) mass is 319 g/mol. The van der Waals surface area contributed by atoms with Gasteiger partial charge in [0.25, 0.3) is 0 Å². The molecule has 0 spiro atoms. The highest BCUT2D eigenvalue weighted by atomic mass is 32.3. The molecular formula is C12H17NO7S. The largest absolute Gasteiger partial charge is 0.480 e. The van der Waals surface area contributed by atoms with Gasteiger partial charge in [-0.3, -0.25) is 14.1 Å². The molecule has 0 unspecified atom stereocenters. The molecule has 21 heavy (non-hydrogen) atoms. The van der Waals surface area contributed by atoms with E-state index in [1.807, 2.05) is 13.0 Å². The number of hydrogen-bond donors (Lipinski definition) is 3. The highest BCUT2D eigenvalue weighted by molar-refractivity contribution is 7.81. The lowest BCUT2D eigenvalue weighted by Crippen LogP contribution is -2.26. The van der Waals surface area contributed by atoms with Crippen molar-refractivity contribution in [1.82, 2.24) is 5.32 Å². The average Bonchev–Trinajstić information content (AvgIpc) is 2.35. The van der Waals surface area contributed by atoms with Crippen LogP contribution in [-0.4, -0.2) is 36.5 Å². The van der Waals surface area contributed by atoms with Gasteiger partial charge in [0.1, 0.15) is 12.3 Å². The number of carboxylic acids is 1. The maximum absolute atomic E-state index is 10.3. The van der Waals surface area contributed by atoms with Crippen molar-refractivity contribution in [3.8, 4) is 5.75 Å². The van der Waals surface area contributed by atoms with Gasteiger partial charge in [0.15, 0.2) is 0 Å². The van der Waals surface area contributed by atoms with E-state index in [0.29, 0.717) is 0 Å². The fraction of sp³-hybridized carbons (Fsp3) is 0.333. The Morgan fingerprint density at radius 1 is 1.33 bits per heavy atom. The summed E-state index contributed by atoms with van der Waals surface area (Å²) in [6.45, 7) is 2.91. The molecule has 8 nitrogen and oxygen atoms in total. The van der Waals surface area contributed by atoms with Crippen LogP contribution in [0.3, 0.4) is 0 Å². The smallest absolute Gasteiger partial charge is 0.446 e. The summed E-state index contributed by atoms with van der Waals surface area (Å²) in [6.07, 6.45) is 0.780. The van der Waals surface area contributed by atoms with Gasteiger partial charge in [0.05, 0.1) is 0 Å². The fourth-order valence-electron chi connectivity index (χ4n) is 1.14. The lowest BCUT2D eigenvalue weighted by Gasteiger charge is -2.02. The molecule has 0 saturated heterocycles. The Hall–Kier alpha value is -2.13. The third-order valence-electron chi connectivity index (χ3n) is 2.00. The molecule has 0 atom stereocenters. The van der Waals surface area contributed by atoms with E-state index in [2.05, 4.69) is 9.50 Å². The van der Waals surface area contributed by atoms with Crippen LogP contribution in [0.1, 0.15) is 19.4 Å². The van der Waals surface area contributed by atoms with Crippen molar-refractivity contribution in [2.24, 2.45) is 0 Å². The van der Waals surface area contributed by atoms with Crippen molar-refractivity contribution in [3.05, 3.63) is 29.8 Å². The first-order valence-corrected chi connectivity index (χ1v) is 7.22. The minimum absolute atomic E-state index is 0.127. The summed E-state index contributed by atoms with van der Waals surface area (Å²) < 4.78 is 33.3. The Labute approximate surface area is 122 Å². The Morgan fingerprint density at radius 2 is 1.95 bits per heavy atom. The second-order valence-electron chi connectivity index (χ2n) is 3.82. The molecule has 0 aliphatic rings. The Morgan fingerprint density at radius 3 is 2.33 bits per heavy atom. The van der Waals surface area contributed by atoms with E-state index in [4.69, 9.17) is 9.66 Å². The topological polar surface area (TPSA) is 130 Å². The highest BCUT2D eigenvalue weighted by Crippen LogP contribution is 2.14. The third kappa shape index (κ3) is 11.4. The molecule has 0 heterocycles. The van der Waals surface area contributed by atoms with Crippen molar-refractivity contribution in [2.45, 2.75) is 20.3 Å². The lowest BCUT2D eigenvalue weighted by molar-refractivity contribution is -0.137. The number of amides is 1. The molecule has 3 N–H and O–H groups in total. The van der Waals surface area contributed by atoms with Crippen LogP contribution >= 0.6 is 0 Å². The summed E-state index contributed by atoms with van der Waals surface area (Å²) >= 11 is 0. The van der Waals surface area contributed by atoms with Crippen LogP contribution in [0.2, 0.25) is 0 Å². The second kappa shape index (κ2) is 8.93. The van der Waals surface area contributed by atoms with Gasteiger partial charge >= 0.3 is 16.4 Å². The van der Waals surface area contributed by atoms with Gasteiger partial charge in [-0.15, -0.1) is 0 Å². The predicted octanol–water partition coefficient (Wildman–Crippen LogP) is 0.638. The van der Waals surface area contributed by atoms with E-state index in [0.717, 1.165) is 12.0 Å². The highest BCUT2D eigenvalue weighted by Gasteiger charge is 2.06. The molecule has 0 radical (unpaired) electrons. The standard InChI is InChI=1S/C8H10O4S.C4H7NO3/c1-2-7-4-3-5-8(6-7)12-13(9,10)11;1-3(6)5-2-4(7)8/h3-6H,2H2,1H3,(H,9,10,11);2H2,1H3,(H,5,6)(H,7,8). The van der Waals surface area contributed by atoms with E-state index in [9.17, 15) is 18.0 Å². The Bertz CT molecular complexity index is 569. The third-order valence-corrected chi connectivity index (χ3v) is 2.40. The van der Waals surface area contributed by atoms with Crippen molar-refractivity contribution in [2.75, 3.05) is 6.54 Å². The first-order chi connectivity index (χ1) is 9.64. The maximum Gasteiger partial charge on any atom is 0.446 e. The molecule has 0 aliphatic carbocycles. The van der Waals surface area contributed by atoms with Crippen LogP contribution < -0.4 is 9.50 Å². The zero-order chi connectivity index (χ0) is 16.5. The first kappa shape index (κ1) is 18.9. The number of carbonyl (C=O) groups excluding carboxylic acids is 1. The van der Waals surface area contributed by atoms with Crippen LogP contribution in [0.5, 0.6) is 5.75 Å². The SMILES string of the molecule is CC(=O)NCC(=O)O.CCc1cccc(OS(=O)(=O)O)c1. The van der Waals surface area contributed by atoms with Gasteiger partial charge in [0, 0.05) is 6.92 Å². The number of benzene rings is 1. The van der Waals surface area contributed by atoms with Gasteiger partial charge in [-0.05, 0) is 24.1 Å². The number of carbonyl (C=O) groups is 2. The van der Waals surface area contributed by atoms with Crippen LogP contribution in [0, 0.1) is 0 Å². The Kier molecular flexibility index (Phi) is 8.02. The van der Waals surface area contributed by atoms with Crippen molar-refractivity contribution in [3.63, 3.8) is 0 Å². The van der Waals surface area contributed by atoms with Gasteiger partial charge in [-0.25, -0.2) is 0 Å². The van der Waals surface area contributed by atoms with Crippen molar-refractivity contribution in [1.29, 1.82) is 0 Å². The second-order valence-corrected chi connectivity index (χ2v) is 4.84. The quantitative estimate of drug-likeness (QED) is 0.679. The lowest BCUT2D eigenvalue weighted by atomic mass is 10.2. The van der Waals surface area contributed by atoms with Crippen molar-refractivity contribution >= 4 is 22.3 Å². The number of aliphatic carboxylic acids is 1. The van der Waals surface area contributed by atoms with Gasteiger partial charge in [-0.1, -0.05) is 19.1 Å². The molecule has 1 aromatic rings. The molecule has 1 aromatic carbocycles. The molecule has 9 heteroatoms. The first-order valence-electron chi connectivity index (χ1n) is 5.86. The van der Waals surface area contributed by atoms with E-state index in [1.165, 1.54) is 13.0 Å². The summed E-state index contributed by atoms with van der Waals surface area (Å²) in [7, 11) is -4.40. The summed E-state index contributed by atoms with van der Waals surface area (Å²) in [5, 5.41) is 10.1.